The third kappa shape index (κ3) is 3.82. The van der Waals surface area contributed by atoms with Crippen molar-refractivity contribution in [2.24, 2.45) is 4.99 Å². The third-order valence-corrected chi connectivity index (χ3v) is 5.55. The summed E-state index contributed by atoms with van der Waals surface area (Å²) >= 11 is 0. The summed E-state index contributed by atoms with van der Waals surface area (Å²) in [6.07, 6.45) is 5.35. The smallest absolute Gasteiger partial charge is 0.191 e. The van der Waals surface area contributed by atoms with Crippen LogP contribution in [-0.2, 0) is 24.9 Å². The van der Waals surface area contributed by atoms with E-state index in [1.165, 1.54) is 12.8 Å². The van der Waals surface area contributed by atoms with Gasteiger partial charge in [0.2, 0.25) is 0 Å². The van der Waals surface area contributed by atoms with Gasteiger partial charge in [-0.3, -0.25) is 0 Å². The van der Waals surface area contributed by atoms with Gasteiger partial charge in [-0.15, -0.1) is 10.2 Å². The summed E-state index contributed by atoms with van der Waals surface area (Å²) in [5.74, 6) is 2.61. The van der Waals surface area contributed by atoms with E-state index >= 15 is 0 Å². The summed E-state index contributed by atoms with van der Waals surface area (Å²) in [6, 6.07) is 7.10. The van der Waals surface area contributed by atoms with E-state index in [0.29, 0.717) is 13.1 Å². The number of aliphatic imine (C=N–C) groups is 1. The number of fused-ring (bicyclic) bond motifs is 1. The molecule has 144 valence electrons. The van der Waals surface area contributed by atoms with Gasteiger partial charge in [-0.25, -0.2) is 9.38 Å². The standard InChI is InChI=1S/C20H27FN6/c1-2-22-19(23-13-18-26-25-17-9-5-6-12-27(17)18)24-14-20(10-11-20)15-7-3-4-8-16(15)21/h3-4,7-8H,2,5-6,9-14H2,1H3,(H2,22,23,24). The van der Waals surface area contributed by atoms with Crippen LogP contribution in [0, 0.1) is 5.82 Å². The fraction of sp³-hybridized carbons (Fsp3) is 0.550. The second-order valence-corrected chi connectivity index (χ2v) is 7.45. The Labute approximate surface area is 159 Å². The molecule has 2 aliphatic rings. The Hall–Kier alpha value is -2.44. The van der Waals surface area contributed by atoms with Gasteiger partial charge < -0.3 is 15.2 Å². The number of nitrogens with one attached hydrogen (secondary N) is 2. The lowest BCUT2D eigenvalue weighted by Gasteiger charge is -2.19. The van der Waals surface area contributed by atoms with Crippen LogP contribution in [0.1, 0.15) is 49.8 Å². The van der Waals surface area contributed by atoms with Gasteiger partial charge in [0.1, 0.15) is 18.2 Å². The third-order valence-electron chi connectivity index (χ3n) is 5.55. The Balaban J connectivity index is 1.43. The maximum absolute atomic E-state index is 14.2. The van der Waals surface area contributed by atoms with Crippen molar-refractivity contribution in [3.63, 3.8) is 0 Å². The van der Waals surface area contributed by atoms with E-state index < -0.39 is 0 Å². The monoisotopic (exact) mass is 370 g/mol. The van der Waals surface area contributed by atoms with Gasteiger partial charge in [0.05, 0.1) is 0 Å². The molecule has 2 aromatic rings. The largest absolute Gasteiger partial charge is 0.357 e. The fourth-order valence-electron chi connectivity index (χ4n) is 3.81. The molecule has 0 saturated heterocycles. The highest BCUT2D eigenvalue weighted by Crippen LogP contribution is 2.48. The van der Waals surface area contributed by atoms with E-state index in [-0.39, 0.29) is 11.2 Å². The molecule has 2 heterocycles. The Morgan fingerprint density at radius 2 is 2.07 bits per heavy atom. The van der Waals surface area contributed by atoms with Crippen LogP contribution >= 0.6 is 0 Å². The van der Waals surface area contributed by atoms with E-state index in [4.69, 9.17) is 0 Å². The van der Waals surface area contributed by atoms with Crippen molar-refractivity contribution in [1.29, 1.82) is 0 Å². The van der Waals surface area contributed by atoms with Crippen molar-refractivity contribution in [3.8, 4) is 0 Å². The Kier molecular flexibility index (Phi) is 5.09. The first-order valence-corrected chi connectivity index (χ1v) is 9.90. The van der Waals surface area contributed by atoms with Crippen molar-refractivity contribution in [2.75, 3.05) is 13.1 Å². The molecular formula is C20H27FN6. The topological polar surface area (TPSA) is 67.1 Å². The number of halogens is 1. The van der Waals surface area contributed by atoms with Crippen LogP contribution in [0.5, 0.6) is 0 Å². The molecule has 7 heteroatoms. The molecule has 1 aliphatic heterocycles. The molecule has 1 aliphatic carbocycles. The van der Waals surface area contributed by atoms with Gasteiger partial charge in [-0.2, -0.15) is 0 Å². The van der Waals surface area contributed by atoms with Crippen LogP contribution in [0.15, 0.2) is 29.3 Å². The second kappa shape index (κ2) is 7.66. The molecule has 4 rings (SSSR count). The lowest BCUT2D eigenvalue weighted by atomic mass is 9.95. The van der Waals surface area contributed by atoms with Crippen LogP contribution < -0.4 is 10.6 Å². The SMILES string of the molecule is CCNC(=NCc1nnc2n1CCCC2)NCC1(c2ccccc2F)CC1. The summed E-state index contributed by atoms with van der Waals surface area (Å²) in [6.45, 7) is 4.97. The first-order chi connectivity index (χ1) is 13.2. The first-order valence-electron chi connectivity index (χ1n) is 9.90. The van der Waals surface area contributed by atoms with Crippen LogP contribution in [-0.4, -0.2) is 33.8 Å². The summed E-state index contributed by atoms with van der Waals surface area (Å²) < 4.78 is 16.4. The minimum Gasteiger partial charge on any atom is -0.357 e. The Bertz CT molecular complexity index is 824. The number of nitrogens with zero attached hydrogens (tertiary/aromatic N) is 4. The number of aryl methyl sites for hydroxylation is 1. The van der Waals surface area contributed by atoms with Gasteiger partial charge in [0, 0.05) is 31.5 Å². The molecule has 1 aromatic heterocycles. The molecule has 2 N–H and O–H groups in total. The molecule has 0 spiro atoms. The number of rotatable bonds is 6. The molecule has 0 bridgehead atoms. The highest BCUT2D eigenvalue weighted by Gasteiger charge is 2.45. The average molecular weight is 370 g/mol. The van der Waals surface area contributed by atoms with Gasteiger partial charge in [-0.05, 0) is 44.2 Å². The summed E-state index contributed by atoms with van der Waals surface area (Å²) in [7, 11) is 0. The molecule has 0 atom stereocenters. The van der Waals surface area contributed by atoms with Gasteiger partial charge in [0.15, 0.2) is 11.8 Å². The second-order valence-electron chi connectivity index (χ2n) is 7.45. The van der Waals surface area contributed by atoms with Crippen LogP contribution in [0.25, 0.3) is 0 Å². The molecule has 6 nitrogen and oxygen atoms in total. The number of benzene rings is 1. The van der Waals surface area contributed by atoms with Crippen molar-refractivity contribution in [2.45, 2.75) is 57.5 Å². The van der Waals surface area contributed by atoms with E-state index in [0.717, 1.165) is 55.5 Å². The van der Waals surface area contributed by atoms with Gasteiger partial charge >= 0.3 is 0 Å². The van der Waals surface area contributed by atoms with Crippen molar-refractivity contribution < 1.29 is 4.39 Å². The zero-order valence-electron chi connectivity index (χ0n) is 15.8. The highest BCUT2D eigenvalue weighted by molar-refractivity contribution is 5.79. The van der Waals surface area contributed by atoms with E-state index in [1.54, 1.807) is 12.1 Å². The van der Waals surface area contributed by atoms with Crippen molar-refractivity contribution in [1.82, 2.24) is 25.4 Å². The number of hydrogen-bond acceptors (Lipinski definition) is 3. The van der Waals surface area contributed by atoms with Crippen LogP contribution in [0.2, 0.25) is 0 Å². The molecule has 1 fully saturated rings. The number of aromatic nitrogens is 3. The van der Waals surface area contributed by atoms with Crippen molar-refractivity contribution >= 4 is 5.96 Å². The molecular weight excluding hydrogens is 343 g/mol. The lowest BCUT2D eigenvalue weighted by molar-refractivity contribution is 0.508. The van der Waals surface area contributed by atoms with E-state index in [1.807, 2.05) is 19.1 Å². The van der Waals surface area contributed by atoms with Gasteiger partial charge in [-0.1, -0.05) is 18.2 Å². The molecule has 0 amide bonds. The zero-order valence-corrected chi connectivity index (χ0v) is 15.8. The summed E-state index contributed by atoms with van der Waals surface area (Å²) in [4.78, 5) is 4.69. The minimum atomic E-state index is -0.117. The Morgan fingerprint density at radius 3 is 2.85 bits per heavy atom. The van der Waals surface area contributed by atoms with E-state index in [2.05, 4.69) is 30.4 Å². The van der Waals surface area contributed by atoms with Crippen LogP contribution in [0.3, 0.4) is 0 Å². The quantitative estimate of drug-likeness (QED) is 0.606. The molecule has 0 radical (unpaired) electrons. The number of guanidine groups is 1. The highest BCUT2D eigenvalue weighted by atomic mass is 19.1. The normalized spacial score (nSPS) is 18.1. The molecule has 27 heavy (non-hydrogen) atoms. The fourth-order valence-corrected chi connectivity index (χ4v) is 3.81. The Morgan fingerprint density at radius 1 is 1.22 bits per heavy atom. The predicted octanol–water partition coefficient (Wildman–Crippen LogP) is 2.54. The minimum absolute atomic E-state index is 0.116. The maximum atomic E-state index is 14.2. The van der Waals surface area contributed by atoms with Crippen molar-refractivity contribution in [3.05, 3.63) is 47.3 Å². The van der Waals surface area contributed by atoms with E-state index in [9.17, 15) is 4.39 Å². The molecule has 1 saturated carbocycles. The lowest BCUT2D eigenvalue weighted by Crippen LogP contribution is -2.41. The zero-order chi connectivity index (χ0) is 18.7. The summed E-state index contributed by atoms with van der Waals surface area (Å²) in [5, 5.41) is 15.3. The number of hydrogen-bond donors (Lipinski definition) is 2. The van der Waals surface area contributed by atoms with Crippen LogP contribution in [0.4, 0.5) is 4.39 Å². The molecule has 0 unspecified atom stereocenters. The molecule has 1 aromatic carbocycles. The predicted molar refractivity (Wildman–Crippen MR) is 103 cm³/mol. The first kappa shape index (κ1) is 17.9. The summed E-state index contributed by atoms with van der Waals surface area (Å²) in [5.41, 5.74) is 0.690. The van der Waals surface area contributed by atoms with Gasteiger partial charge in [0.25, 0.3) is 0 Å². The average Bonchev–Trinajstić information content (AvgIpc) is 3.37. The maximum Gasteiger partial charge on any atom is 0.191 e.